The Morgan fingerprint density at radius 3 is 2.44 bits per heavy atom. The molecule has 218 valence electrons. The van der Waals surface area contributed by atoms with Crippen LogP contribution in [0.2, 0.25) is 0 Å². The first-order valence-corrected chi connectivity index (χ1v) is 16.1. The lowest BCUT2D eigenvalue weighted by atomic mass is 9.77. The number of hydrogen-bond donors (Lipinski definition) is 0. The largest absolute Gasteiger partial charge is 0.454 e. The van der Waals surface area contributed by atoms with E-state index in [1.807, 2.05) is 6.07 Å². The Morgan fingerprint density at radius 2 is 1.53 bits per heavy atom. The minimum absolute atomic E-state index is 0.0266. The Kier molecular flexibility index (Phi) is 5.83. The van der Waals surface area contributed by atoms with Gasteiger partial charge in [-0.05, 0) is 59.0 Å². The summed E-state index contributed by atoms with van der Waals surface area (Å²) in [5.74, 6) is 1.21. The van der Waals surface area contributed by atoms with Gasteiger partial charge in [0.25, 0.3) is 0 Å². The second-order valence-corrected chi connectivity index (χ2v) is 13.2. The number of benzene rings is 4. The fraction of sp³-hybridized carbons (Fsp3) is 0.163. The SMILES string of the molecule is CC1(C)C2=CC(N(c3ccc(C4=CC=CC5C=CC=CC45)cc3)c3cccc4c3oc3ccccc34)=CCC2c2ccccc21. The second-order valence-electron chi connectivity index (χ2n) is 13.2. The number of anilines is 2. The van der Waals surface area contributed by atoms with Crippen molar-refractivity contribution < 1.29 is 4.42 Å². The van der Waals surface area contributed by atoms with Gasteiger partial charge < -0.3 is 9.32 Å². The molecule has 0 amide bonds. The van der Waals surface area contributed by atoms with Gasteiger partial charge in [-0.1, -0.05) is 135 Å². The standard InChI is InChI=1S/C43H35NO/c1-43(2)38-18-7-5-14-34(38)35-26-25-31(27-39(35)43)44(40-19-10-17-37-36-15-6-8-20-41(36)45-42(37)40)30-23-21-29(22-24-30)33-16-9-12-28-11-3-4-13-32(28)33/h3-25,27-28,32,35H,26H2,1-2H3. The van der Waals surface area contributed by atoms with Crippen molar-refractivity contribution in [3.8, 4) is 0 Å². The number of para-hydroxylation sites is 2. The molecule has 5 aromatic rings. The first-order valence-electron chi connectivity index (χ1n) is 16.1. The highest BCUT2D eigenvalue weighted by atomic mass is 16.3. The van der Waals surface area contributed by atoms with E-state index in [1.54, 1.807) is 0 Å². The predicted octanol–water partition coefficient (Wildman–Crippen LogP) is 11.3. The minimum atomic E-state index is -0.0266. The minimum Gasteiger partial charge on any atom is -0.454 e. The molecular weight excluding hydrogens is 546 g/mol. The van der Waals surface area contributed by atoms with E-state index < -0.39 is 0 Å². The molecule has 0 N–H and O–H groups in total. The molecular formula is C43H35NO. The number of fused-ring (bicyclic) bond motifs is 7. The third-order valence-corrected chi connectivity index (χ3v) is 10.5. The molecule has 9 rings (SSSR count). The van der Waals surface area contributed by atoms with Crippen LogP contribution in [-0.4, -0.2) is 0 Å². The average molecular weight is 582 g/mol. The molecule has 0 fully saturated rings. The molecule has 2 nitrogen and oxygen atoms in total. The first-order chi connectivity index (χ1) is 22.1. The van der Waals surface area contributed by atoms with Crippen molar-refractivity contribution in [3.05, 3.63) is 174 Å². The second kappa shape index (κ2) is 9.97. The summed E-state index contributed by atoms with van der Waals surface area (Å²) >= 11 is 0. The number of hydrogen-bond acceptors (Lipinski definition) is 2. The highest BCUT2D eigenvalue weighted by molar-refractivity contribution is 6.09. The monoisotopic (exact) mass is 581 g/mol. The summed E-state index contributed by atoms with van der Waals surface area (Å²) in [5, 5.41) is 2.29. The lowest BCUT2D eigenvalue weighted by Crippen LogP contribution is -2.22. The van der Waals surface area contributed by atoms with Gasteiger partial charge in [-0.2, -0.15) is 0 Å². The smallest absolute Gasteiger partial charge is 0.159 e. The average Bonchev–Trinajstić information content (AvgIpc) is 3.58. The van der Waals surface area contributed by atoms with Crippen LogP contribution in [0.15, 0.2) is 161 Å². The summed E-state index contributed by atoms with van der Waals surface area (Å²) in [7, 11) is 0. The van der Waals surface area contributed by atoms with Gasteiger partial charge in [0.2, 0.25) is 0 Å². The summed E-state index contributed by atoms with van der Waals surface area (Å²) in [5.41, 5.74) is 12.2. The Labute approximate surface area is 264 Å². The van der Waals surface area contributed by atoms with E-state index in [-0.39, 0.29) is 5.41 Å². The molecule has 2 heteroatoms. The van der Waals surface area contributed by atoms with Gasteiger partial charge in [0.05, 0.1) is 5.69 Å². The van der Waals surface area contributed by atoms with Crippen LogP contribution >= 0.6 is 0 Å². The van der Waals surface area contributed by atoms with Crippen LogP contribution in [0.5, 0.6) is 0 Å². The van der Waals surface area contributed by atoms with E-state index in [9.17, 15) is 0 Å². The van der Waals surface area contributed by atoms with E-state index in [1.165, 1.54) is 33.5 Å². The number of allylic oxidation sites excluding steroid dienone is 11. The van der Waals surface area contributed by atoms with Gasteiger partial charge in [-0.3, -0.25) is 0 Å². The molecule has 1 aromatic heterocycles. The predicted molar refractivity (Wildman–Crippen MR) is 188 cm³/mol. The Morgan fingerprint density at radius 1 is 0.756 bits per heavy atom. The quantitative estimate of drug-likeness (QED) is 0.210. The van der Waals surface area contributed by atoms with Gasteiger partial charge in [-0.15, -0.1) is 0 Å². The zero-order valence-corrected chi connectivity index (χ0v) is 25.7. The van der Waals surface area contributed by atoms with Crippen molar-refractivity contribution in [2.45, 2.75) is 31.6 Å². The van der Waals surface area contributed by atoms with Crippen LogP contribution in [0.4, 0.5) is 11.4 Å². The molecule has 1 heterocycles. The van der Waals surface area contributed by atoms with E-state index >= 15 is 0 Å². The van der Waals surface area contributed by atoms with Gasteiger partial charge in [-0.25, -0.2) is 0 Å². The third kappa shape index (κ3) is 4.02. The number of rotatable bonds is 4. The highest BCUT2D eigenvalue weighted by Gasteiger charge is 2.42. The number of nitrogens with zero attached hydrogens (tertiary/aromatic N) is 1. The molecule has 45 heavy (non-hydrogen) atoms. The van der Waals surface area contributed by atoms with Crippen LogP contribution in [0.25, 0.3) is 27.5 Å². The van der Waals surface area contributed by atoms with Crippen molar-refractivity contribution in [2.75, 3.05) is 4.90 Å². The number of furan rings is 1. The summed E-state index contributed by atoms with van der Waals surface area (Å²) in [6, 6.07) is 33.1. The van der Waals surface area contributed by atoms with E-state index in [4.69, 9.17) is 4.42 Å². The molecule has 0 saturated carbocycles. The zero-order chi connectivity index (χ0) is 30.1. The molecule has 0 bridgehead atoms. The van der Waals surface area contributed by atoms with Crippen LogP contribution in [0.1, 0.15) is 42.9 Å². The van der Waals surface area contributed by atoms with Crippen molar-refractivity contribution in [1.82, 2.24) is 0 Å². The van der Waals surface area contributed by atoms with Crippen LogP contribution in [0, 0.1) is 11.8 Å². The molecule has 4 aliphatic carbocycles. The molecule has 3 unspecified atom stereocenters. The fourth-order valence-corrected chi connectivity index (χ4v) is 8.22. The van der Waals surface area contributed by atoms with Crippen molar-refractivity contribution in [1.29, 1.82) is 0 Å². The lowest BCUT2D eigenvalue weighted by molar-refractivity contribution is 0.609. The maximum Gasteiger partial charge on any atom is 0.159 e. The molecule has 0 aliphatic heterocycles. The third-order valence-electron chi connectivity index (χ3n) is 10.5. The summed E-state index contributed by atoms with van der Waals surface area (Å²) in [6.45, 7) is 4.77. The van der Waals surface area contributed by atoms with Crippen LogP contribution in [0.3, 0.4) is 0 Å². The molecule has 0 radical (unpaired) electrons. The summed E-state index contributed by atoms with van der Waals surface area (Å²) < 4.78 is 6.61. The summed E-state index contributed by atoms with van der Waals surface area (Å²) in [4.78, 5) is 2.41. The van der Waals surface area contributed by atoms with Crippen molar-refractivity contribution in [3.63, 3.8) is 0 Å². The molecule has 0 saturated heterocycles. The fourth-order valence-electron chi connectivity index (χ4n) is 8.22. The van der Waals surface area contributed by atoms with Crippen LogP contribution < -0.4 is 4.90 Å². The molecule has 3 atom stereocenters. The van der Waals surface area contributed by atoms with E-state index in [2.05, 4.69) is 158 Å². The van der Waals surface area contributed by atoms with E-state index in [0.717, 1.165) is 39.7 Å². The Bertz CT molecular complexity index is 2180. The van der Waals surface area contributed by atoms with E-state index in [0.29, 0.717) is 17.8 Å². The molecule has 4 aromatic carbocycles. The van der Waals surface area contributed by atoms with Gasteiger partial charge in [0.1, 0.15) is 5.58 Å². The maximum absolute atomic E-state index is 6.61. The van der Waals surface area contributed by atoms with Gasteiger partial charge in [0.15, 0.2) is 5.58 Å². The lowest BCUT2D eigenvalue weighted by Gasteiger charge is -2.33. The maximum atomic E-state index is 6.61. The Hall–Kier alpha value is -5.08. The van der Waals surface area contributed by atoms with Crippen molar-refractivity contribution in [2.24, 2.45) is 11.8 Å². The molecule has 0 spiro atoms. The topological polar surface area (TPSA) is 16.4 Å². The first kappa shape index (κ1) is 26.3. The highest BCUT2D eigenvalue weighted by Crippen LogP contribution is 2.54. The van der Waals surface area contributed by atoms with Gasteiger partial charge >= 0.3 is 0 Å². The normalized spacial score (nSPS) is 22.4. The van der Waals surface area contributed by atoms with Gasteiger partial charge in [0, 0.05) is 45.3 Å². The Balaban J connectivity index is 1.19. The van der Waals surface area contributed by atoms with Crippen molar-refractivity contribution >= 4 is 38.9 Å². The van der Waals surface area contributed by atoms with Crippen LogP contribution in [-0.2, 0) is 5.41 Å². The summed E-state index contributed by atoms with van der Waals surface area (Å²) in [6.07, 6.45) is 21.6. The molecule has 4 aliphatic rings. The zero-order valence-electron chi connectivity index (χ0n) is 25.7.